The minimum Gasteiger partial charge on any atom is -0.396 e. The van der Waals surface area contributed by atoms with E-state index in [2.05, 4.69) is 0 Å². The van der Waals surface area contributed by atoms with Crippen LogP contribution in [-0.4, -0.2) is 17.5 Å². The number of aliphatic hydroxyl groups excluding tert-OH is 1. The van der Waals surface area contributed by atoms with Crippen LogP contribution in [0.1, 0.15) is 18.9 Å². The number of allylic oxidation sites excluding steroid dienone is 6. The van der Waals surface area contributed by atoms with Crippen LogP contribution < -0.4 is 0 Å². The SMILES string of the molecule is CC1=CC(=O)[C@]2(C=C1)C(c1ccc(F)cc1)=CC[C@@H]2CO. The quantitative estimate of drug-likeness (QED) is 0.904. The molecule has 0 unspecified atom stereocenters. The van der Waals surface area contributed by atoms with Gasteiger partial charge in [-0.1, -0.05) is 30.4 Å². The van der Waals surface area contributed by atoms with E-state index in [0.29, 0.717) is 6.42 Å². The summed E-state index contributed by atoms with van der Waals surface area (Å²) in [6.45, 7) is 1.83. The minimum absolute atomic E-state index is 0.00498. The summed E-state index contributed by atoms with van der Waals surface area (Å²) < 4.78 is 13.1. The van der Waals surface area contributed by atoms with Gasteiger partial charge in [-0.05, 0) is 48.3 Å². The van der Waals surface area contributed by atoms with Crippen molar-refractivity contribution in [1.29, 1.82) is 0 Å². The first-order valence-electron chi connectivity index (χ1n) is 7.07. The normalized spacial score (nSPS) is 28.0. The molecular weight excluding hydrogens is 267 g/mol. The molecule has 1 aromatic carbocycles. The van der Waals surface area contributed by atoms with Crippen molar-refractivity contribution in [3.05, 3.63) is 65.5 Å². The van der Waals surface area contributed by atoms with Gasteiger partial charge in [0.25, 0.3) is 0 Å². The van der Waals surface area contributed by atoms with E-state index in [1.807, 2.05) is 25.2 Å². The van der Waals surface area contributed by atoms with Crippen LogP contribution >= 0.6 is 0 Å². The van der Waals surface area contributed by atoms with E-state index >= 15 is 0 Å². The Hall–Kier alpha value is -2.00. The fraction of sp³-hybridized carbons (Fsp3) is 0.278. The molecule has 0 fully saturated rings. The highest BCUT2D eigenvalue weighted by atomic mass is 19.1. The molecule has 2 atom stereocenters. The van der Waals surface area contributed by atoms with Crippen LogP contribution in [0.4, 0.5) is 4.39 Å². The van der Waals surface area contributed by atoms with Gasteiger partial charge in [0.2, 0.25) is 0 Å². The van der Waals surface area contributed by atoms with Gasteiger partial charge in [-0.15, -0.1) is 0 Å². The van der Waals surface area contributed by atoms with E-state index in [9.17, 15) is 14.3 Å². The third-order valence-electron chi connectivity index (χ3n) is 4.45. The van der Waals surface area contributed by atoms with Crippen LogP contribution in [-0.2, 0) is 4.79 Å². The van der Waals surface area contributed by atoms with Crippen LogP contribution in [0.2, 0.25) is 0 Å². The highest BCUT2D eigenvalue weighted by Gasteiger charge is 2.49. The lowest BCUT2D eigenvalue weighted by atomic mass is 9.66. The first-order chi connectivity index (χ1) is 10.1. The van der Waals surface area contributed by atoms with Gasteiger partial charge in [0, 0.05) is 12.5 Å². The molecule has 0 saturated carbocycles. The third kappa shape index (κ3) is 2.09. The molecule has 3 rings (SSSR count). The largest absolute Gasteiger partial charge is 0.396 e. The smallest absolute Gasteiger partial charge is 0.170 e. The lowest BCUT2D eigenvalue weighted by Gasteiger charge is -2.35. The number of carbonyl (C=O) groups is 1. The number of benzene rings is 1. The van der Waals surface area contributed by atoms with Crippen molar-refractivity contribution in [2.75, 3.05) is 6.61 Å². The fourth-order valence-electron chi connectivity index (χ4n) is 3.32. The van der Waals surface area contributed by atoms with E-state index in [-0.39, 0.29) is 24.1 Å². The molecule has 1 aromatic rings. The summed E-state index contributed by atoms with van der Waals surface area (Å²) in [5, 5.41) is 9.68. The molecular formula is C18H17FO2. The number of hydrogen-bond acceptors (Lipinski definition) is 2. The van der Waals surface area contributed by atoms with Crippen molar-refractivity contribution in [1.82, 2.24) is 0 Å². The first kappa shape index (κ1) is 14.0. The lowest BCUT2D eigenvalue weighted by Crippen LogP contribution is -2.37. The van der Waals surface area contributed by atoms with Gasteiger partial charge in [-0.3, -0.25) is 4.79 Å². The molecule has 2 aliphatic rings. The molecule has 108 valence electrons. The first-order valence-corrected chi connectivity index (χ1v) is 7.07. The van der Waals surface area contributed by atoms with Gasteiger partial charge in [0.1, 0.15) is 5.82 Å². The average Bonchev–Trinajstić information content (AvgIpc) is 2.84. The Morgan fingerprint density at radius 1 is 1.33 bits per heavy atom. The van der Waals surface area contributed by atoms with Crippen molar-refractivity contribution >= 4 is 11.4 Å². The summed E-state index contributed by atoms with van der Waals surface area (Å²) in [5.74, 6) is -0.466. The fourth-order valence-corrected chi connectivity index (χ4v) is 3.32. The number of halogens is 1. The maximum atomic E-state index is 13.1. The molecule has 0 heterocycles. The Bertz CT molecular complexity index is 667. The maximum Gasteiger partial charge on any atom is 0.170 e. The van der Waals surface area contributed by atoms with E-state index in [1.54, 1.807) is 18.2 Å². The zero-order valence-electron chi connectivity index (χ0n) is 11.8. The Balaban J connectivity index is 2.10. The second kappa shape index (κ2) is 5.08. The summed E-state index contributed by atoms with van der Waals surface area (Å²) in [7, 11) is 0. The summed E-state index contributed by atoms with van der Waals surface area (Å²) in [4.78, 5) is 12.7. The number of carbonyl (C=O) groups excluding carboxylic acids is 1. The minimum atomic E-state index is -0.813. The Morgan fingerprint density at radius 2 is 2.05 bits per heavy atom. The molecule has 0 saturated heterocycles. The summed E-state index contributed by atoms with van der Waals surface area (Å²) in [6, 6.07) is 6.17. The Kier molecular flexibility index (Phi) is 3.38. The van der Waals surface area contributed by atoms with Crippen LogP contribution in [0.5, 0.6) is 0 Å². The monoisotopic (exact) mass is 284 g/mol. The molecule has 0 radical (unpaired) electrons. The van der Waals surface area contributed by atoms with Crippen LogP contribution in [0.3, 0.4) is 0 Å². The molecule has 0 aliphatic heterocycles. The van der Waals surface area contributed by atoms with Crippen molar-refractivity contribution in [2.45, 2.75) is 13.3 Å². The van der Waals surface area contributed by atoms with Gasteiger partial charge in [0.05, 0.1) is 5.41 Å². The molecule has 2 aliphatic carbocycles. The van der Waals surface area contributed by atoms with Crippen molar-refractivity contribution < 1.29 is 14.3 Å². The number of ketones is 1. The van der Waals surface area contributed by atoms with Crippen LogP contribution in [0.25, 0.3) is 5.57 Å². The Labute approximate surface area is 123 Å². The predicted octanol–water partition coefficient (Wildman–Crippen LogP) is 3.29. The van der Waals surface area contributed by atoms with Crippen molar-refractivity contribution in [3.63, 3.8) is 0 Å². The van der Waals surface area contributed by atoms with Crippen molar-refractivity contribution in [3.8, 4) is 0 Å². The third-order valence-corrected chi connectivity index (χ3v) is 4.45. The number of hydrogen-bond donors (Lipinski definition) is 1. The zero-order valence-corrected chi connectivity index (χ0v) is 11.8. The van der Waals surface area contributed by atoms with E-state index in [1.165, 1.54) is 12.1 Å². The lowest BCUT2D eigenvalue weighted by molar-refractivity contribution is -0.121. The molecule has 3 heteroatoms. The van der Waals surface area contributed by atoms with E-state index in [4.69, 9.17) is 0 Å². The Morgan fingerprint density at radius 3 is 2.67 bits per heavy atom. The molecule has 0 amide bonds. The molecule has 0 bridgehead atoms. The van der Waals surface area contributed by atoms with Gasteiger partial charge in [-0.25, -0.2) is 4.39 Å². The van der Waals surface area contributed by atoms with Crippen LogP contribution in [0.15, 0.2) is 54.1 Å². The summed E-state index contributed by atoms with van der Waals surface area (Å²) in [6.07, 6.45) is 8.09. The molecule has 0 aromatic heterocycles. The molecule has 1 N–H and O–H groups in total. The zero-order chi connectivity index (χ0) is 15.0. The van der Waals surface area contributed by atoms with Crippen molar-refractivity contribution in [2.24, 2.45) is 11.3 Å². The predicted molar refractivity (Wildman–Crippen MR) is 79.9 cm³/mol. The van der Waals surface area contributed by atoms with Crippen LogP contribution in [0, 0.1) is 17.2 Å². The second-order valence-electron chi connectivity index (χ2n) is 5.69. The highest BCUT2D eigenvalue weighted by Crippen LogP contribution is 2.52. The van der Waals surface area contributed by atoms with Gasteiger partial charge in [0.15, 0.2) is 5.78 Å². The maximum absolute atomic E-state index is 13.1. The molecule has 2 nitrogen and oxygen atoms in total. The summed E-state index contributed by atoms with van der Waals surface area (Å²) in [5.41, 5.74) is 1.80. The summed E-state index contributed by atoms with van der Waals surface area (Å²) >= 11 is 0. The van der Waals surface area contributed by atoms with E-state index < -0.39 is 5.41 Å². The second-order valence-corrected chi connectivity index (χ2v) is 5.69. The van der Waals surface area contributed by atoms with Gasteiger partial charge >= 0.3 is 0 Å². The van der Waals surface area contributed by atoms with E-state index in [0.717, 1.165) is 16.7 Å². The topological polar surface area (TPSA) is 37.3 Å². The average molecular weight is 284 g/mol. The number of rotatable bonds is 2. The van der Waals surface area contributed by atoms with Gasteiger partial charge in [-0.2, -0.15) is 0 Å². The standard InChI is InChI=1S/C18H17FO2/c1-12-8-9-18(17(21)10-12)14(11-20)4-7-16(18)13-2-5-15(19)6-3-13/h2-3,5-10,14,20H,4,11H2,1H3/t14-,18+/m1/s1. The number of aliphatic hydroxyl groups is 1. The molecule has 1 spiro atoms. The van der Waals surface area contributed by atoms with Gasteiger partial charge < -0.3 is 5.11 Å². The molecule has 21 heavy (non-hydrogen) atoms. The highest BCUT2D eigenvalue weighted by molar-refractivity contribution is 6.08.